The third-order valence-corrected chi connectivity index (χ3v) is 6.34. The van der Waals surface area contributed by atoms with E-state index in [-0.39, 0.29) is 11.7 Å². The molecule has 0 spiro atoms. The van der Waals surface area contributed by atoms with Crippen molar-refractivity contribution in [2.24, 2.45) is 0 Å². The van der Waals surface area contributed by atoms with Crippen molar-refractivity contribution in [2.75, 3.05) is 13.1 Å². The number of aryl methyl sites for hydroxylation is 2. The molecular weight excluding hydrogens is 334 g/mol. The largest absolute Gasteiger partial charge is 0.336 e. The number of carbonyl (C=O) groups excluding carboxylic acids is 1. The maximum absolute atomic E-state index is 12.7. The molecule has 3 aromatic rings. The van der Waals surface area contributed by atoms with Gasteiger partial charge in [0.05, 0.1) is 5.39 Å². The maximum atomic E-state index is 12.7. The second kappa shape index (κ2) is 6.05. The highest BCUT2D eigenvalue weighted by Gasteiger charge is 2.27. The van der Waals surface area contributed by atoms with Crippen LogP contribution >= 0.6 is 11.3 Å². The van der Waals surface area contributed by atoms with Crippen LogP contribution in [0.15, 0.2) is 0 Å². The number of fused-ring (bicyclic) bond motifs is 5. The predicted molar refractivity (Wildman–Crippen MR) is 99.5 cm³/mol. The molecule has 1 aliphatic rings. The summed E-state index contributed by atoms with van der Waals surface area (Å²) in [5.74, 6) is 1.44. The van der Waals surface area contributed by atoms with E-state index in [4.69, 9.17) is 4.98 Å². The van der Waals surface area contributed by atoms with Crippen LogP contribution in [-0.4, -0.2) is 43.5 Å². The molecule has 6 nitrogen and oxygen atoms in total. The Labute approximate surface area is 150 Å². The van der Waals surface area contributed by atoms with Crippen LogP contribution < -0.4 is 0 Å². The van der Waals surface area contributed by atoms with Gasteiger partial charge in [0.15, 0.2) is 5.65 Å². The molecule has 0 saturated heterocycles. The second-order valence-corrected chi connectivity index (χ2v) is 7.80. The van der Waals surface area contributed by atoms with Gasteiger partial charge >= 0.3 is 0 Å². The molecular formula is C18H23N5OS. The van der Waals surface area contributed by atoms with Gasteiger partial charge in [0, 0.05) is 18.0 Å². The molecule has 7 heteroatoms. The number of rotatable bonds is 3. The third-order valence-electron chi connectivity index (χ3n) is 5.18. The Morgan fingerprint density at radius 2 is 2.08 bits per heavy atom. The van der Waals surface area contributed by atoms with E-state index in [2.05, 4.69) is 17.0 Å². The number of amides is 1. The van der Waals surface area contributed by atoms with Gasteiger partial charge < -0.3 is 4.90 Å². The van der Waals surface area contributed by atoms with E-state index in [1.54, 1.807) is 20.8 Å². The normalized spacial score (nSPS) is 17.2. The van der Waals surface area contributed by atoms with Gasteiger partial charge in [-0.1, -0.05) is 6.92 Å². The Balaban J connectivity index is 1.97. The molecule has 4 rings (SSSR count). The summed E-state index contributed by atoms with van der Waals surface area (Å²) in [6.07, 6.45) is 3.54. The van der Waals surface area contributed by atoms with Crippen LogP contribution in [0.25, 0.3) is 15.9 Å². The highest BCUT2D eigenvalue weighted by molar-refractivity contribution is 7.19. The van der Waals surface area contributed by atoms with Crippen LogP contribution in [0, 0.1) is 6.92 Å². The Morgan fingerprint density at radius 3 is 2.80 bits per heavy atom. The lowest BCUT2D eigenvalue weighted by Gasteiger charge is -2.18. The van der Waals surface area contributed by atoms with Gasteiger partial charge in [-0.15, -0.1) is 16.4 Å². The summed E-state index contributed by atoms with van der Waals surface area (Å²) in [6, 6.07) is 0. The Morgan fingerprint density at radius 1 is 1.32 bits per heavy atom. The predicted octanol–water partition coefficient (Wildman–Crippen LogP) is 3.57. The van der Waals surface area contributed by atoms with E-state index >= 15 is 0 Å². The van der Waals surface area contributed by atoms with E-state index in [1.807, 2.05) is 20.8 Å². The quantitative estimate of drug-likeness (QED) is 0.719. The number of nitrogens with zero attached hydrogens (tertiary/aromatic N) is 5. The van der Waals surface area contributed by atoms with E-state index in [1.165, 1.54) is 23.3 Å². The second-order valence-electron chi connectivity index (χ2n) is 6.72. The molecule has 0 bridgehead atoms. The lowest BCUT2D eigenvalue weighted by molar-refractivity contribution is 0.0761. The van der Waals surface area contributed by atoms with Crippen LogP contribution in [0.5, 0.6) is 0 Å². The summed E-state index contributed by atoms with van der Waals surface area (Å²) in [7, 11) is 0. The summed E-state index contributed by atoms with van der Waals surface area (Å²) in [4.78, 5) is 26.3. The molecule has 132 valence electrons. The number of hydrogen-bond acceptors (Lipinski definition) is 5. The summed E-state index contributed by atoms with van der Waals surface area (Å²) in [5.41, 5.74) is 2.15. The lowest BCUT2D eigenvalue weighted by Crippen LogP contribution is -2.31. The minimum atomic E-state index is -0.113. The lowest BCUT2D eigenvalue weighted by atomic mass is 9.87. The van der Waals surface area contributed by atoms with Crippen molar-refractivity contribution in [3.8, 4) is 0 Å². The van der Waals surface area contributed by atoms with Crippen molar-refractivity contribution in [3.05, 3.63) is 22.1 Å². The SMILES string of the molecule is CCN(CC)C(=O)c1nc2c3c4c(sc3nc(C)n2n1)CCC[C@H]4C. The van der Waals surface area contributed by atoms with Crippen LogP contribution in [0.4, 0.5) is 0 Å². The van der Waals surface area contributed by atoms with E-state index < -0.39 is 0 Å². The molecule has 25 heavy (non-hydrogen) atoms. The van der Waals surface area contributed by atoms with Gasteiger partial charge in [-0.25, -0.2) is 9.97 Å². The van der Waals surface area contributed by atoms with Crippen LogP contribution in [0.2, 0.25) is 0 Å². The molecule has 1 atom stereocenters. The highest BCUT2D eigenvalue weighted by Crippen LogP contribution is 2.42. The Kier molecular flexibility index (Phi) is 3.98. The number of aromatic nitrogens is 4. The molecule has 0 fully saturated rings. The molecule has 0 radical (unpaired) electrons. The van der Waals surface area contributed by atoms with Gasteiger partial charge in [0.2, 0.25) is 5.82 Å². The summed E-state index contributed by atoms with van der Waals surface area (Å²) < 4.78 is 1.74. The fraction of sp³-hybridized carbons (Fsp3) is 0.556. The number of carbonyl (C=O) groups is 1. The molecule has 1 aliphatic carbocycles. The zero-order chi connectivity index (χ0) is 17.7. The van der Waals surface area contributed by atoms with Gasteiger partial charge in [-0.05, 0) is 51.5 Å². The van der Waals surface area contributed by atoms with Crippen molar-refractivity contribution >= 4 is 33.1 Å². The molecule has 0 N–H and O–H groups in total. The first kappa shape index (κ1) is 16.4. The van der Waals surface area contributed by atoms with Crippen molar-refractivity contribution in [1.82, 2.24) is 24.5 Å². The highest BCUT2D eigenvalue weighted by atomic mass is 32.1. The molecule has 1 amide bonds. The average molecular weight is 357 g/mol. The first-order valence-corrected chi connectivity index (χ1v) is 9.84. The molecule has 0 aromatic carbocycles. The van der Waals surface area contributed by atoms with E-state index in [9.17, 15) is 4.79 Å². The monoisotopic (exact) mass is 357 g/mol. The van der Waals surface area contributed by atoms with Crippen LogP contribution in [0.3, 0.4) is 0 Å². The molecule has 3 heterocycles. The van der Waals surface area contributed by atoms with Crippen molar-refractivity contribution < 1.29 is 4.79 Å². The number of hydrogen-bond donors (Lipinski definition) is 0. The maximum Gasteiger partial charge on any atom is 0.293 e. The Hall–Kier alpha value is -2.02. The zero-order valence-corrected chi connectivity index (χ0v) is 16.0. The molecule has 3 aromatic heterocycles. The zero-order valence-electron chi connectivity index (χ0n) is 15.2. The molecule has 0 aliphatic heterocycles. The summed E-state index contributed by atoms with van der Waals surface area (Å²) in [5, 5.41) is 5.59. The number of thiophene rings is 1. The minimum Gasteiger partial charge on any atom is -0.336 e. The Bertz CT molecular complexity index is 969. The first-order valence-electron chi connectivity index (χ1n) is 9.03. The van der Waals surface area contributed by atoms with Gasteiger partial charge in [0.1, 0.15) is 10.7 Å². The van der Waals surface area contributed by atoms with Gasteiger partial charge in [-0.3, -0.25) is 4.79 Å². The fourth-order valence-corrected chi connectivity index (χ4v) is 5.20. The molecule has 0 saturated carbocycles. The van der Waals surface area contributed by atoms with Gasteiger partial charge in [0.25, 0.3) is 5.91 Å². The standard InChI is InChI=1S/C18H23N5OS/c1-5-22(6-2)18(24)15-20-16-14-13-10(3)8-7-9-12(13)25-17(14)19-11(4)23(16)21-15/h10H,5-9H2,1-4H3/t10-/m1/s1. The fourth-order valence-electron chi connectivity index (χ4n) is 3.83. The first-order chi connectivity index (χ1) is 12.0. The minimum absolute atomic E-state index is 0.113. The average Bonchev–Trinajstić information content (AvgIpc) is 3.18. The van der Waals surface area contributed by atoms with Gasteiger partial charge in [-0.2, -0.15) is 4.52 Å². The van der Waals surface area contributed by atoms with E-state index in [0.29, 0.717) is 19.0 Å². The van der Waals surface area contributed by atoms with Crippen molar-refractivity contribution in [1.29, 1.82) is 0 Å². The molecule has 0 unspecified atom stereocenters. The van der Waals surface area contributed by atoms with Crippen LogP contribution in [0.1, 0.15) is 66.4 Å². The topological polar surface area (TPSA) is 63.4 Å². The van der Waals surface area contributed by atoms with Crippen LogP contribution in [-0.2, 0) is 6.42 Å². The third kappa shape index (κ3) is 2.44. The smallest absolute Gasteiger partial charge is 0.293 e. The summed E-state index contributed by atoms with van der Waals surface area (Å²) in [6.45, 7) is 9.46. The van der Waals surface area contributed by atoms with Crippen molar-refractivity contribution in [2.45, 2.75) is 52.9 Å². The summed E-state index contributed by atoms with van der Waals surface area (Å²) >= 11 is 1.78. The van der Waals surface area contributed by atoms with Crippen molar-refractivity contribution in [3.63, 3.8) is 0 Å². The van der Waals surface area contributed by atoms with E-state index in [0.717, 1.165) is 28.1 Å².